The van der Waals surface area contributed by atoms with Gasteiger partial charge in [-0.05, 0) is 158 Å². The Labute approximate surface area is 385 Å². The third kappa shape index (κ3) is 6.43. The molecule has 13 rings (SSSR count). The number of para-hydroxylation sites is 4. The Morgan fingerprint density at radius 1 is 0.470 bits per heavy atom. The first-order valence-electron chi connectivity index (χ1n) is 23.3. The normalized spacial score (nSPS) is 18.0. The summed E-state index contributed by atoms with van der Waals surface area (Å²) in [6, 6.07) is 60.1. The summed E-state index contributed by atoms with van der Waals surface area (Å²) >= 11 is 0. The van der Waals surface area contributed by atoms with Crippen molar-refractivity contribution in [3.63, 3.8) is 0 Å². The smallest absolute Gasteiger partial charge is 0.151 e. The number of ether oxygens (including phenoxy) is 2. The highest BCUT2D eigenvalue weighted by molar-refractivity contribution is 6.23. The fraction of sp³-hybridized carbons (Fsp3) is 0.0968. The number of nitrogens with zero attached hydrogens (tertiary/aromatic N) is 2. The molecule has 2 heterocycles. The predicted molar refractivity (Wildman–Crippen MR) is 274 cm³/mol. The maximum Gasteiger partial charge on any atom is 0.151 e. The van der Waals surface area contributed by atoms with Crippen molar-refractivity contribution >= 4 is 49.9 Å². The van der Waals surface area contributed by atoms with E-state index in [1.807, 2.05) is 12.1 Å². The third-order valence-corrected chi connectivity index (χ3v) is 13.8. The van der Waals surface area contributed by atoms with Gasteiger partial charge in [-0.1, -0.05) is 146 Å². The fourth-order valence-corrected chi connectivity index (χ4v) is 10.8. The maximum atomic E-state index is 6.71. The van der Waals surface area contributed by atoms with Crippen LogP contribution in [-0.2, 0) is 4.74 Å². The standard InChI is InChI=1S/C62H46N2O2/c1-3-17-41(18-4-1)43-21-15-23-45(37-43)61-49-35-33-48(64-55-27-9-13-31-59(55)66-60-32-14-10-28-56(60)64)40-52(49)62(46-24-16-22-44(38-46)42-19-5-2-6-20-42)50-36-34-47(39-51(50)61)63-53-25-7-11-29-57(53)65-58-30-12-8-26-54(58)63/h1,3-5,7-11,13-29,31-40,53,57H,2,6,12,30H2. The largest absolute Gasteiger partial charge is 0.486 e. The van der Waals surface area contributed by atoms with E-state index < -0.39 is 0 Å². The van der Waals surface area contributed by atoms with Crippen LogP contribution >= 0.6 is 0 Å². The Bertz CT molecular complexity index is 3410. The number of allylic oxidation sites excluding steroid dienone is 9. The van der Waals surface area contributed by atoms with Crippen LogP contribution in [0.1, 0.15) is 31.2 Å². The number of benzene rings is 8. The Hall–Kier alpha value is -8.08. The van der Waals surface area contributed by atoms with Crippen LogP contribution in [0.3, 0.4) is 0 Å². The number of anilines is 4. The third-order valence-electron chi connectivity index (χ3n) is 13.8. The first-order valence-corrected chi connectivity index (χ1v) is 23.3. The van der Waals surface area contributed by atoms with Gasteiger partial charge in [0.2, 0.25) is 0 Å². The summed E-state index contributed by atoms with van der Waals surface area (Å²) in [5.41, 5.74) is 15.1. The van der Waals surface area contributed by atoms with Crippen LogP contribution in [0.15, 0.2) is 230 Å². The Morgan fingerprint density at radius 2 is 1.09 bits per heavy atom. The summed E-state index contributed by atoms with van der Waals surface area (Å²) in [5.74, 6) is 2.74. The van der Waals surface area contributed by atoms with Crippen LogP contribution in [0, 0.1) is 0 Å². The molecule has 0 saturated carbocycles. The lowest BCUT2D eigenvalue weighted by Gasteiger charge is -2.44. The maximum absolute atomic E-state index is 6.71. The summed E-state index contributed by atoms with van der Waals surface area (Å²) in [6.07, 6.45) is 24.2. The summed E-state index contributed by atoms with van der Waals surface area (Å²) in [4.78, 5) is 4.88. The van der Waals surface area contributed by atoms with Gasteiger partial charge < -0.3 is 19.3 Å². The number of rotatable bonds is 6. The van der Waals surface area contributed by atoms with Gasteiger partial charge in [0.1, 0.15) is 11.9 Å². The Balaban J connectivity index is 1.12. The van der Waals surface area contributed by atoms with Gasteiger partial charge in [0.15, 0.2) is 11.5 Å². The molecule has 3 aliphatic carbocycles. The van der Waals surface area contributed by atoms with Crippen molar-refractivity contribution in [3.05, 3.63) is 235 Å². The molecule has 5 aliphatic rings. The van der Waals surface area contributed by atoms with E-state index in [0.29, 0.717) is 0 Å². The molecule has 66 heavy (non-hydrogen) atoms. The van der Waals surface area contributed by atoms with E-state index in [1.54, 1.807) is 0 Å². The number of hydrogen-bond donors (Lipinski definition) is 0. The monoisotopic (exact) mass is 850 g/mol. The summed E-state index contributed by atoms with van der Waals surface area (Å²) < 4.78 is 13.2. The minimum absolute atomic E-state index is 0.0223. The van der Waals surface area contributed by atoms with Crippen LogP contribution in [0.25, 0.3) is 60.5 Å². The first kappa shape index (κ1) is 38.4. The van der Waals surface area contributed by atoms with Crippen molar-refractivity contribution in [2.24, 2.45) is 0 Å². The zero-order valence-electron chi connectivity index (χ0n) is 36.5. The topological polar surface area (TPSA) is 24.9 Å². The van der Waals surface area contributed by atoms with E-state index in [4.69, 9.17) is 9.47 Å². The minimum Gasteiger partial charge on any atom is -0.486 e. The SMILES string of the molecule is C1=CC2OC3=C(C=CCC3)N(c3ccc4c(-c5cccc(C6=CCCC=C6)c5)c5cc(N6c7ccccc7Oc7ccccc76)ccc5c(-c5cccc(-c6ccccc6)c5)c4c3)C2C=C1. The van der Waals surface area contributed by atoms with E-state index in [1.165, 1.54) is 66.1 Å². The van der Waals surface area contributed by atoms with Crippen LogP contribution in [-0.4, -0.2) is 12.1 Å². The molecule has 0 amide bonds. The predicted octanol–water partition coefficient (Wildman–Crippen LogP) is 16.6. The summed E-state index contributed by atoms with van der Waals surface area (Å²) in [6.45, 7) is 0. The van der Waals surface area contributed by atoms with Crippen molar-refractivity contribution in [1.82, 2.24) is 0 Å². The van der Waals surface area contributed by atoms with Gasteiger partial charge in [0, 0.05) is 17.8 Å². The molecule has 8 aromatic rings. The molecule has 2 atom stereocenters. The molecule has 2 unspecified atom stereocenters. The molecular weight excluding hydrogens is 805 g/mol. The average molecular weight is 851 g/mol. The van der Waals surface area contributed by atoms with Crippen molar-refractivity contribution in [1.29, 1.82) is 0 Å². The lowest BCUT2D eigenvalue weighted by Crippen LogP contribution is -2.47. The molecule has 0 bridgehead atoms. The molecule has 0 aromatic heterocycles. The van der Waals surface area contributed by atoms with Crippen LogP contribution in [0.5, 0.6) is 11.5 Å². The molecule has 0 fully saturated rings. The second-order valence-corrected chi connectivity index (χ2v) is 17.7. The minimum atomic E-state index is -0.0649. The quantitative estimate of drug-likeness (QED) is 0.156. The van der Waals surface area contributed by atoms with Crippen LogP contribution in [0.4, 0.5) is 22.7 Å². The number of hydrogen-bond acceptors (Lipinski definition) is 4. The Morgan fingerprint density at radius 3 is 1.83 bits per heavy atom. The van der Waals surface area contributed by atoms with Crippen LogP contribution < -0.4 is 14.5 Å². The van der Waals surface area contributed by atoms with Crippen LogP contribution in [0.2, 0.25) is 0 Å². The molecule has 0 radical (unpaired) electrons. The lowest BCUT2D eigenvalue weighted by molar-refractivity contribution is 0.115. The van der Waals surface area contributed by atoms with Gasteiger partial charge in [-0.15, -0.1) is 0 Å². The Kier molecular flexibility index (Phi) is 9.23. The highest BCUT2D eigenvalue weighted by atomic mass is 16.5. The van der Waals surface area contributed by atoms with Crippen molar-refractivity contribution in [3.8, 4) is 44.9 Å². The summed E-state index contributed by atoms with van der Waals surface area (Å²) in [5, 5.41) is 4.79. The molecule has 0 spiro atoms. The summed E-state index contributed by atoms with van der Waals surface area (Å²) in [7, 11) is 0. The van der Waals surface area contributed by atoms with Crippen molar-refractivity contribution in [2.75, 3.05) is 9.80 Å². The van der Waals surface area contributed by atoms with E-state index in [2.05, 4.69) is 216 Å². The molecule has 8 aromatic carbocycles. The molecule has 0 saturated heterocycles. The molecule has 316 valence electrons. The van der Waals surface area contributed by atoms with E-state index in [0.717, 1.165) is 71.4 Å². The van der Waals surface area contributed by atoms with Gasteiger partial charge in [0.05, 0.1) is 23.1 Å². The number of fused-ring (bicyclic) bond motifs is 5. The zero-order valence-corrected chi connectivity index (χ0v) is 36.5. The van der Waals surface area contributed by atoms with Crippen molar-refractivity contribution < 1.29 is 9.47 Å². The van der Waals surface area contributed by atoms with Gasteiger partial charge >= 0.3 is 0 Å². The molecule has 4 nitrogen and oxygen atoms in total. The second-order valence-electron chi connectivity index (χ2n) is 17.7. The highest BCUT2D eigenvalue weighted by Gasteiger charge is 2.37. The van der Waals surface area contributed by atoms with E-state index >= 15 is 0 Å². The first-order chi connectivity index (χ1) is 32.7. The highest BCUT2D eigenvalue weighted by Crippen LogP contribution is 2.53. The molecule has 0 N–H and O–H groups in total. The second kappa shape index (κ2) is 15.9. The van der Waals surface area contributed by atoms with Gasteiger partial charge in [-0.3, -0.25) is 0 Å². The van der Waals surface area contributed by atoms with E-state index in [9.17, 15) is 0 Å². The fourth-order valence-electron chi connectivity index (χ4n) is 10.8. The zero-order chi connectivity index (χ0) is 43.6. The van der Waals surface area contributed by atoms with Crippen molar-refractivity contribution in [2.45, 2.75) is 37.8 Å². The van der Waals surface area contributed by atoms with E-state index in [-0.39, 0.29) is 12.1 Å². The average Bonchev–Trinajstić information content (AvgIpc) is 3.39. The van der Waals surface area contributed by atoms with Gasteiger partial charge in [-0.2, -0.15) is 0 Å². The molecule has 2 aliphatic heterocycles. The van der Waals surface area contributed by atoms with Gasteiger partial charge in [-0.25, -0.2) is 0 Å². The molecular formula is C62H46N2O2. The molecule has 4 heteroatoms. The van der Waals surface area contributed by atoms with Gasteiger partial charge in [0.25, 0.3) is 0 Å². The lowest BCUT2D eigenvalue weighted by atomic mass is 9.84.